The van der Waals surface area contributed by atoms with Crippen LogP contribution in [0, 0.1) is 11.3 Å². The fourth-order valence-electron chi connectivity index (χ4n) is 2.70. The minimum absolute atomic E-state index is 0.600. The maximum Gasteiger partial charge on any atom is 0.0105 e. The van der Waals surface area contributed by atoms with Crippen LogP contribution in [0.2, 0.25) is 0 Å². The van der Waals surface area contributed by atoms with E-state index in [0.29, 0.717) is 17.4 Å². The van der Waals surface area contributed by atoms with Gasteiger partial charge in [0.1, 0.15) is 0 Å². The second-order valence-electron chi connectivity index (χ2n) is 5.38. The van der Waals surface area contributed by atoms with Crippen LogP contribution in [0.3, 0.4) is 0 Å². The van der Waals surface area contributed by atoms with Gasteiger partial charge in [-0.25, -0.2) is 0 Å². The van der Waals surface area contributed by atoms with Crippen LogP contribution in [0.25, 0.3) is 0 Å². The van der Waals surface area contributed by atoms with Gasteiger partial charge in [-0.05, 0) is 50.6 Å². The van der Waals surface area contributed by atoms with E-state index >= 15 is 0 Å². The van der Waals surface area contributed by atoms with Crippen LogP contribution < -0.4 is 5.73 Å². The third-order valence-electron chi connectivity index (χ3n) is 4.74. The van der Waals surface area contributed by atoms with Gasteiger partial charge in [0, 0.05) is 12.6 Å². The van der Waals surface area contributed by atoms with Crippen molar-refractivity contribution in [3.05, 3.63) is 0 Å². The van der Waals surface area contributed by atoms with Gasteiger partial charge in [-0.3, -0.25) is 4.90 Å². The van der Waals surface area contributed by atoms with Crippen molar-refractivity contribution < 1.29 is 0 Å². The first kappa shape index (κ1) is 13.0. The predicted molar refractivity (Wildman–Crippen MR) is 66.9 cm³/mol. The molecule has 0 aliphatic carbocycles. The Bertz CT molecular complexity index is 187. The molecule has 1 rings (SSSR count). The van der Waals surface area contributed by atoms with Crippen molar-refractivity contribution in [1.82, 2.24) is 4.90 Å². The summed E-state index contributed by atoms with van der Waals surface area (Å²) in [5.74, 6) is 0.620. The summed E-state index contributed by atoms with van der Waals surface area (Å²) in [6.45, 7) is 12.6. The SMILES string of the molecule is CCC1(CC)CCN(C(C)C(C)CN)C1. The number of rotatable bonds is 5. The normalized spacial score (nSPS) is 25.4. The Kier molecular flexibility index (Phi) is 4.60. The summed E-state index contributed by atoms with van der Waals surface area (Å²) in [5, 5.41) is 0. The van der Waals surface area contributed by atoms with Crippen molar-refractivity contribution >= 4 is 0 Å². The highest BCUT2D eigenvalue weighted by atomic mass is 15.2. The standard InChI is InChI=1S/C13H28N2/c1-5-13(6-2)7-8-15(10-13)12(4)11(3)9-14/h11-12H,5-10,14H2,1-4H3. The van der Waals surface area contributed by atoms with E-state index in [4.69, 9.17) is 5.73 Å². The molecular weight excluding hydrogens is 184 g/mol. The van der Waals surface area contributed by atoms with E-state index in [9.17, 15) is 0 Å². The molecule has 1 aliphatic heterocycles. The second kappa shape index (κ2) is 5.31. The molecule has 90 valence electrons. The van der Waals surface area contributed by atoms with Crippen LogP contribution in [-0.2, 0) is 0 Å². The Morgan fingerprint density at radius 3 is 2.27 bits per heavy atom. The van der Waals surface area contributed by atoms with Crippen LogP contribution in [0.15, 0.2) is 0 Å². The van der Waals surface area contributed by atoms with Crippen LogP contribution in [0.4, 0.5) is 0 Å². The Labute approximate surface area is 95.2 Å². The molecule has 0 saturated carbocycles. The minimum atomic E-state index is 0.600. The third-order valence-corrected chi connectivity index (χ3v) is 4.74. The van der Waals surface area contributed by atoms with Crippen LogP contribution in [0.5, 0.6) is 0 Å². The van der Waals surface area contributed by atoms with Crippen molar-refractivity contribution in [3.8, 4) is 0 Å². The molecule has 15 heavy (non-hydrogen) atoms. The Morgan fingerprint density at radius 1 is 1.27 bits per heavy atom. The average molecular weight is 212 g/mol. The first-order valence-corrected chi connectivity index (χ1v) is 6.52. The van der Waals surface area contributed by atoms with Crippen molar-refractivity contribution in [2.24, 2.45) is 17.1 Å². The van der Waals surface area contributed by atoms with Gasteiger partial charge in [0.15, 0.2) is 0 Å². The molecule has 1 heterocycles. The molecule has 1 aliphatic rings. The van der Waals surface area contributed by atoms with Crippen LogP contribution in [0.1, 0.15) is 47.0 Å². The van der Waals surface area contributed by atoms with Gasteiger partial charge >= 0.3 is 0 Å². The maximum atomic E-state index is 5.75. The molecule has 2 unspecified atom stereocenters. The molecule has 0 radical (unpaired) electrons. The van der Waals surface area contributed by atoms with Gasteiger partial charge in [-0.2, -0.15) is 0 Å². The van der Waals surface area contributed by atoms with E-state index < -0.39 is 0 Å². The van der Waals surface area contributed by atoms with E-state index in [1.54, 1.807) is 0 Å². The average Bonchev–Trinajstić information content (AvgIpc) is 2.72. The predicted octanol–water partition coefficient (Wildman–Crippen LogP) is 2.48. The Balaban J connectivity index is 2.55. The second-order valence-corrected chi connectivity index (χ2v) is 5.38. The zero-order valence-corrected chi connectivity index (χ0v) is 10.9. The van der Waals surface area contributed by atoms with E-state index in [0.717, 1.165) is 6.54 Å². The number of nitrogens with zero attached hydrogens (tertiary/aromatic N) is 1. The quantitative estimate of drug-likeness (QED) is 0.758. The van der Waals surface area contributed by atoms with Gasteiger partial charge < -0.3 is 5.73 Å². The fourth-order valence-corrected chi connectivity index (χ4v) is 2.70. The molecule has 0 aromatic carbocycles. The lowest BCUT2D eigenvalue weighted by molar-refractivity contribution is 0.167. The molecule has 2 heteroatoms. The topological polar surface area (TPSA) is 29.3 Å². The van der Waals surface area contributed by atoms with Gasteiger partial charge in [0.25, 0.3) is 0 Å². The summed E-state index contributed by atoms with van der Waals surface area (Å²) in [6.07, 6.45) is 4.02. The van der Waals surface area contributed by atoms with Crippen LogP contribution in [-0.4, -0.2) is 30.6 Å². The highest BCUT2D eigenvalue weighted by Gasteiger charge is 2.37. The first-order chi connectivity index (χ1) is 7.08. The summed E-state index contributed by atoms with van der Waals surface area (Å²) in [7, 11) is 0. The van der Waals surface area contributed by atoms with Gasteiger partial charge in [-0.1, -0.05) is 20.8 Å². The molecule has 2 atom stereocenters. The monoisotopic (exact) mass is 212 g/mol. The highest BCUT2D eigenvalue weighted by molar-refractivity contribution is 4.90. The van der Waals surface area contributed by atoms with Gasteiger partial charge in [-0.15, -0.1) is 0 Å². The summed E-state index contributed by atoms with van der Waals surface area (Å²) in [6, 6.07) is 0.648. The van der Waals surface area contributed by atoms with Crippen molar-refractivity contribution in [3.63, 3.8) is 0 Å². The zero-order chi connectivity index (χ0) is 11.5. The Hall–Kier alpha value is -0.0800. The van der Waals surface area contributed by atoms with Crippen molar-refractivity contribution in [1.29, 1.82) is 0 Å². The highest BCUT2D eigenvalue weighted by Crippen LogP contribution is 2.38. The lowest BCUT2D eigenvalue weighted by Crippen LogP contribution is -2.40. The van der Waals surface area contributed by atoms with Gasteiger partial charge in [0.05, 0.1) is 0 Å². The fraction of sp³-hybridized carbons (Fsp3) is 1.00. The molecule has 2 nitrogen and oxygen atoms in total. The molecule has 1 saturated heterocycles. The molecule has 0 bridgehead atoms. The maximum absolute atomic E-state index is 5.75. The molecule has 0 amide bonds. The molecule has 0 spiro atoms. The van der Waals surface area contributed by atoms with Crippen LogP contribution >= 0.6 is 0 Å². The molecule has 0 aromatic rings. The van der Waals surface area contributed by atoms with E-state index in [2.05, 4.69) is 32.6 Å². The van der Waals surface area contributed by atoms with Gasteiger partial charge in [0.2, 0.25) is 0 Å². The number of hydrogen-bond acceptors (Lipinski definition) is 2. The first-order valence-electron chi connectivity index (χ1n) is 6.52. The molecule has 2 N–H and O–H groups in total. The van der Waals surface area contributed by atoms with Crippen molar-refractivity contribution in [2.45, 2.75) is 53.0 Å². The summed E-state index contributed by atoms with van der Waals surface area (Å²) >= 11 is 0. The summed E-state index contributed by atoms with van der Waals surface area (Å²) in [5.41, 5.74) is 6.35. The zero-order valence-electron chi connectivity index (χ0n) is 10.9. The summed E-state index contributed by atoms with van der Waals surface area (Å²) in [4.78, 5) is 2.64. The lowest BCUT2D eigenvalue weighted by atomic mass is 9.82. The smallest absolute Gasteiger partial charge is 0.0105 e. The van der Waals surface area contributed by atoms with E-state index in [1.807, 2.05) is 0 Å². The largest absolute Gasteiger partial charge is 0.330 e. The lowest BCUT2D eigenvalue weighted by Gasteiger charge is -2.32. The number of hydrogen-bond donors (Lipinski definition) is 1. The summed E-state index contributed by atoms with van der Waals surface area (Å²) < 4.78 is 0. The molecule has 0 aromatic heterocycles. The Morgan fingerprint density at radius 2 is 1.87 bits per heavy atom. The number of nitrogens with two attached hydrogens (primary N) is 1. The van der Waals surface area contributed by atoms with E-state index in [-0.39, 0.29) is 0 Å². The van der Waals surface area contributed by atoms with E-state index in [1.165, 1.54) is 32.4 Å². The van der Waals surface area contributed by atoms with Crippen molar-refractivity contribution in [2.75, 3.05) is 19.6 Å². The minimum Gasteiger partial charge on any atom is -0.330 e. The number of likely N-dealkylation sites (tertiary alicyclic amines) is 1. The molecular formula is C13H28N2. The molecule has 1 fully saturated rings. The third kappa shape index (κ3) is 2.73.